The Labute approximate surface area is 116 Å². The summed E-state index contributed by atoms with van der Waals surface area (Å²) in [5, 5.41) is 3.04. The van der Waals surface area contributed by atoms with Gasteiger partial charge in [0.1, 0.15) is 0 Å². The average Bonchev–Trinajstić information content (AvgIpc) is 2.86. The van der Waals surface area contributed by atoms with Crippen LogP contribution < -0.4 is 5.32 Å². The Morgan fingerprint density at radius 3 is 2.95 bits per heavy atom. The molecule has 1 saturated carbocycles. The van der Waals surface area contributed by atoms with Gasteiger partial charge in [-0.2, -0.15) is 17.0 Å². The number of rotatable bonds is 6. The van der Waals surface area contributed by atoms with E-state index in [1.165, 1.54) is 4.31 Å². The first-order chi connectivity index (χ1) is 9.07. The fourth-order valence-electron chi connectivity index (χ4n) is 2.95. The van der Waals surface area contributed by atoms with Crippen LogP contribution in [0, 0.1) is 0 Å². The molecule has 1 aliphatic heterocycles. The van der Waals surface area contributed by atoms with Gasteiger partial charge in [-0.25, -0.2) is 0 Å². The van der Waals surface area contributed by atoms with Crippen molar-refractivity contribution in [3.63, 3.8) is 0 Å². The molecular weight excluding hydrogens is 266 g/mol. The van der Waals surface area contributed by atoms with Gasteiger partial charge in [0.25, 0.3) is 10.2 Å². The van der Waals surface area contributed by atoms with Crippen LogP contribution in [-0.2, 0) is 14.9 Å². The van der Waals surface area contributed by atoms with Crippen molar-refractivity contribution in [2.45, 2.75) is 37.8 Å². The van der Waals surface area contributed by atoms with E-state index in [0.29, 0.717) is 19.7 Å². The van der Waals surface area contributed by atoms with Crippen molar-refractivity contribution in [2.24, 2.45) is 0 Å². The highest BCUT2D eigenvalue weighted by Gasteiger charge is 2.42. The second-order valence-corrected chi connectivity index (χ2v) is 7.29. The van der Waals surface area contributed by atoms with Gasteiger partial charge in [-0.3, -0.25) is 0 Å². The van der Waals surface area contributed by atoms with Gasteiger partial charge in [0, 0.05) is 20.1 Å². The fourth-order valence-corrected chi connectivity index (χ4v) is 4.56. The minimum atomic E-state index is -3.34. The highest BCUT2D eigenvalue weighted by atomic mass is 32.2. The number of morpholine rings is 1. The first kappa shape index (κ1) is 15.2. The Morgan fingerprint density at radius 1 is 1.42 bits per heavy atom. The van der Waals surface area contributed by atoms with Crippen molar-refractivity contribution in [3.05, 3.63) is 0 Å². The smallest absolute Gasteiger partial charge is 0.282 e. The van der Waals surface area contributed by atoms with Crippen molar-refractivity contribution in [1.29, 1.82) is 0 Å². The Kier molecular flexibility index (Phi) is 5.19. The zero-order valence-electron chi connectivity index (χ0n) is 11.8. The first-order valence-corrected chi connectivity index (χ1v) is 8.46. The Morgan fingerprint density at radius 2 is 2.21 bits per heavy atom. The molecule has 0 bridgehead atoms. The van der Waals surface area contributed by atoms with Gasteiger partial charge in [0.05, 0.1) is 18.8 Å². The van der Waals surface area contributed by atoms with Crippen LogP contribution in [0.25, 0.3) is 0 Å². The Bertz CT molecular complexity index is 388. The maximum atomic E-state index is 12.6. The molecule has 19 heavy (non-hydrogen) atoms. The van der Waals surface area contributed by atoms with Gasteiger partial charge < -0.3 is 10.1 Å². The molecule has 112 valence electrons. The second kappa shape index (κ2) is 6.49. The van der Waals surface area contributed by atoms with E-state index >= 15 is 0 Å². The van der Waals surface area contributed by atoms with E-state index in [0.717, 1.165) is 32.2 Å². The van der Waals surface area contributed by atoms with E-state index in [2.05, 4.69) is 5.32 Å². The maximum absolute atomic E-state index is 12.6. The number of nitrogens with zero attached hydrogens (tertiary/aromatic N) is 2. The number of ether oxygens (including phenoxy) is 1. The second-order valence-electron chi connectivity index (χ2n) is 5.30. The lowest BCUT2D eigenvalue weighted by Crippen LogP contribution is -2.55. The molecule has 6 nitrogen and oxygen atoms in total. The molecule has 2 fully saturated rings. The van der Waals surface area contributed by atoms with E-state index in [9.17, 15) is 8.42 Å². The van der Waals surface area contributed by atoms with Crippen molar-refractivity contribution < 1.29 is 13.2 Å². The summed E-state index contributed by atoms with van der Waals surface area (Å²) < 4.78 is 34.0. The SMILES string of the molecule is CNCCCN(C)S(=O)(=O)N1CCOC2CCCC21. The summed E-state index contributed by atoms with van der Waals surface area (Å²) >= 11 is 0. The van der Waals surface area contributed by atoms with Gasteiger partial charge in [0.15, 0.2) is 0 Å². The lowest BCUT2D eigenvalue weighted by Gasteiger charge is -2.38. The third-order valence-corrected chi connectivity index (χ3v) is 6.04. The molecule has 2 aliphatic rings. The summed E-state index contributed by atoms with van der Waals surface area (Å²) in [7, 11) is 0.208. The number of hydrogen-bond acceptors (Lipinski definition) is 4. The van der Waals surface area contributed by atoms with Crippen LogP contribution in [-0.4, -0.2) is 69.5 Å². The summed E-state index contributed by atoms with van der Waals surface area (Å²) in [6.07, 6.45) is 3.90. The normalized spacial score (nSPS) is 28.8. The molecule has 0 spiro atoms. The van der Waals surface area contributed by atoms with Gasteiger partial charge >= 0.3 is 0 Å². The van der Waals surface area contributed by atoms with Crippen LogP contribution in [0.2, 0.25) is 0 Å². The van der Waals surface area contributed by atoms with Crippen LogP contribution in [0.5, 0.6) is 0 Å². The van der Waals surface area contributed by atoms with Crippen molar-refractivity contribution >= 4 is 10.2 Å². The third kappa shape index (κ3) is 3.28. The molecule has 0 aromatic heterocycles. The maximum Gasteiger partial charge on any atom is 0.282 e. The molecule has 1 aliphatic carbocycles. The minimum absolute atomic E-state index is 0.0468. The van der Waals surface area contributed by atoms with Crippen molar-refractivity contribution in [1.82, 2.24) is 13.9 Å². The molecule has 1 heterocycles. The van der Waals surface area contributed by atoms with Crippen molar-refractivity contribution in [3.8, 4) is 0 Å². The molecular formula is C12H25N3O3S. The molecule has 0 radical (unpaired) electrons. The van der Waals surface area contributed by atoms with E-state index < -0.39 is 10.2 Å². The Balaban J connectivity index is 2.01. The standard InChI is InChI=1S/C12H25N3O3S/c1-13-7-4-8-14(2)19(16,17)15-9-10-18-12-6-3-5-11(12)15/h11-13H,3-10H2,1-2H3. The van der Waals surface area contributed by atoms with E-state index in [4.69, 9.17) is 4.74 Å². The summed E-state index contributed by atoms with van der Waals surface area (Å²) in [6, 6.07) is 0.0468. The van der Waals surface area contributed by atoms with Crippen LogP contribution in [0.1, 0.15) is 25.7 Å². The lowest BCUT2D eigenvalue weighted by molar-refractivity contribution is -0.0258. The third-order valence-electron chi connectivity index (χ3n) is 4.02. The highest BCUT2D eigenvalue weighted by Crippen LogP contribution is 2.31. The number of nitrogens with one attached hydrogen (secondary N) is 1. The molecule has 0 aromatic rings. The summed E-state index contributed by atoms with van der Waals surface area (Å²) in [6.45, 7) is 2.39. The molecule has 2 unspecified atom stereocenters. The molecule has 7 heteroatoms. The van der Waals surface area contributed by atoms with E-state index in [1.807, 2.05) is 7.05 Å². The van der Waals surface area contributed by atoms with Gasteiger partial charge in [-0.15, -0.1) is 0 Å². The average molecular weight is 291 g/mol. The van der Waals surface area contributed by atoms with Crippen LogP contribution in [0.4, 0.5) is 0 Å². The lowest BCUT2D eigenvalue weighted by atomic mass is 10.2. The van der Waals surface area contributed by atoms with Crippen LogP contribution in [0.15, 0.2) is 0 Å². The predicted molar refractivity (Wildman–Crippen MR) is 74.2 cm³/mol. The molecule has 2 rings (SSSR count). The van der Waals surface area contributed by atoms with Crippen LogP contribution >= 0.6 is 0 Å². The summed E-state index contributed by atoms with van der Waals surface area (Å²) in [4.78, 5) is 0. The van der Waals surface area contributed by atoms with Gasteiger partial charge in [0.2, 0.25) is 0 Å². The van der Waals surface area contributed by atoms with Crippen molar-refractivity contribution in [2.75, 3.05) is 40.3 Å². The largest absolute Gasteiger partial charge is 0.375 e. The topological polar surface area (TPSA) is 61.9 Å². The fraction of sp³-hybridized carbons (Fsp3) is 1.00. The summed E-state index contributed by atoms with van der Waals surface area (Å²) in [5.74, 6) is 0. The number of hydrogen-bond donors (Lipinski definition) is 1. The summed E-state index contributed by atoms with van der Waals surface area (Å²) in [5.41, 5.74) is 0. The Hall–Kier alpha value is -0.210. The molecule has 0 aromatic carbocycles. The quantitative estimate of drug-likeness (QED) is 0.701. The monoisotopic (exact) mass is 291 g/mol. The molecule has 2 atom stereocenters. The zero-order chi connectivity index (χ0) is 13.9. The van der Waals surface area contributed by atoms with E-state index in [1.54, 1.807) is 11.4 Å². The van der Waals surface area contributed by atoms with Gasteiger partial charge in [-0.05, 0) is 39.3 Å². The van der Waals surface area contributed by atoms with Gasteiger partial charge in [-0.1, -0.05) is 0 Å². The highest BCUT2D eigenvalue weighted by molar-refractivity contribution is 7.86. The van der Waals surface area contributed by atoms with Crippen LogP contribution in [0.3, 0.4) is 0 Å². The zero-order valence-corrected chi connectivity index (χ0v) is 12.7. The van der Waals surface area contributed by atoms with E-state index in [-0.39, 0.29) is 12.1 Å². The molecule has 1 saturated heterocycles. The molecule has 0 amide bonds. The first-order valence-electron chi connectivity index (χ1n) is 7.06. The minimum Gasteiger partial charge on any atom is -0.375 e. The molecule has 1 N–H and O–H groups in total. The predicted octanol–water partition coefficient (Wildman–Crippen LogP) is 0.0258. The number of fused-ring (bicyclic) bond motifs is 1.